The third kappa shape index (κ3) is 3.28. The highest BCUT2D eigenvalue weighted by Gasteiger charge is 2.02. The predicted octanol–water partition coefficient (Wildman–Crippen LogP) is 5.09. The summed E-state index contributed by atoms with van der Waals surface area (Å²) in [5.41, 5.74) is 5.16. The van der Waals surface area contributed by atoms with Crippen molar-refractivity contribution in [1.29, 1.82) is 0 Å². The van der Waals surface area contributed by atoms with E-state index in [1.165, 1.54) is 27.2 Å². The molecule has 0 saturated heterocycles. The maximum Gasteiger partial charge on any atom is 0.00753 e. The molecular formula is C15H20S. The SMILES string of the molecule is C=C(/C=C(/C)c1cc(SC)ccc1C)CC. The van der Waals surface area contributed by atoms with Crippen LogP contribution < -0.4 is 0 Å². The van der Waals surface area contributed by atoms with E-state index in [4.69, 9.17) is 0 Å². The predicted molar refractivity (Wildman–Crippen MR) is 76.0 cm³/mol. The molecule has 86 valence electrons. The van der Waals surface area contributed by atoms with E-state index in [2.05, 4.69) is 57.9 Å². The standard InChI is InChI=1S/C15H20S/c1-6-11(2)9-13(4)15-10-14(16-5)8-7-12(15)3/h7-10H,2,6H2,1,3-5H3/b13-9-. The number of thioether (sulfide) groups is 1. The van der Waals surface area contributed by atoms with Gasteiger partial charge in [-0.15, -0.1) is 11.8 Å². The van der Waals surface area contributed by atoms with Gasteiger partial charge < -0.3 is 0 Å². The van der Waals surface area contributed by atoms with Crippen LogP contribution in [0.25, 0.3) is 5.57 Å². The lowest BCUT2D eigenvalue weighted by Gasteiger charge is -2.09. The Morgan fingerprint density at radius 1 is 1.44 bits per heavy atom. The van der Waals surface area contributed by atoms with E-state index in [1.54, 1.807) is 11.8 Å². The van der Waals surface area contributed by atoms with Gasteiger partial charge in [-0.25, -0.2) is 0 Å². The van der Waals surface area contributed by atoms with Crippen LogP contribution in [-0.2, 0) is 0 Å². The third-order valence-corrected chi connectivity index (χ3v) is 3.47. The van der Waals surface area contributed by atoms with Gasteiger partial charge in [0.05, 0.1) is 0 Å². The van der Waals surface area contributed by atoms with Crippen LogP contribution in [-0.4, -0.2) is 6.26 Å². The first-order valence-corrected chi connectivity index (χ1v) is 6.82. The van der Waals surface area contributed by atoms with Crippen LogP contribution in [0.1, 0.15) is 31.4 Å². The molecule has 0 unspecified atom stereocenters. The summed E-state index contributed by atoms with van der Waals surface area (Å²) < 4.78 is 0. The molecule has 0 saturated carbocycles. The Labute approximate surface area is 103 Å². The van der Waals surface area contributed by atoms with Crippen molar-refractivity contribution in [3.8, 4) is 0 Å². The zero-order chi connectivity index (χ0) is 12.1. The molecule has 16 heavy (non-hydrogen) atoms. The summed E-state index contributed by atoms with van der Waals surface area (Å²) in [4.78, 5) is 1.32. The van der Waals surface area contributed by atoms with E-state index >= 15 is 0 Å². The second-order valence-electron chi connectivity index (χ2n) is 4.02. The molecule has 0 aliphatic carbocycles. The first kappa shape index (κ1) is 13.1. The zero-order valence-electron chi connectivity index (χ0n) is 10.6. The third-order valence-electron chi connectivity index (χ3n) is 2.74. The van der Waals surface area contributed by atoms with Crippen molar-refractivity contribution in [2.75, 3.05) is 6.26 Å². The highest BCUT2D eigenvalue weighted by molar-refractivity contribution is 7.98. The molecule has 1 aromatic rings. The van der Waals surface area contributed by atoms with Crippen molar-refractivity contribution >= 4 is 17.3 Å². The average Bonchev–Trinajstić information content (AvgIpc) is 2.29. The molecule has 0 aliphatic heterocycles. The summed E-state index contributed by atoms with van der Waals surface area (Å²) in [5, 5.41) is 0. The number of allylic oxidation sites excluding steroid dienone is 3. The van der Waals surface area contributed by atoms with Crippen molar-refractivity contribution in [3.63, 3.8) is 0 Å². The van der Waals surface area contributed by atoms with Gasteiger partial charge in [-0.05, 0) is 55.4 Å². The van der Waals surface area contributed by atoms with Crippen LogP contribution >= 0.6 is 11.8 Å². The lowest BCUT2D eigenvalue weighted by atomic mass is 10.00. The first-order valence-electron chi connectivity index (χ1n) is 5.59. The molecule has 0 amide bonds. The van der Waals surface area contributed by atoms with Gasteiger partial charge in [0, 0.05) is 4.90 Å². The number of hydrogen-bond acceptors (Lipinski definition) is 1. The number of aryl methyl sites for hydroxylation is 1. The Kier molecular flexibility index (Phi) is 4.88. The summed E-state index contributed by atoms with van der Waals surface area (Å²) >= 11 is 1.78. The second kappa shape index (κ2) is 5.95. The van der Waals surface area contributed by atoms with E-state index in [0.29, 0.717) is 0 Å². The molecule has 0 fully saturated rings. The van der Waals surface area contributed by atoms with E-state index < -0.39 is 0 Å². The molecule has 0 bridgehead atoms. The fourth-order valence-electron chi connectivity index (χ4n) is 1.64. The molecule has 1 rings (SSSR count). The van der Waals surface area contributed by atoms with Crippen molar-refractivity contribution in [3.05, 3.63) is 47.6 Å². The normalized spacial score (nSPS) is 11.6. The fourth-order valence-corrected chi connectivity index (χ4v) is 2.08. The molecule has 0 aromatic heterocycles. The molecule has 0 N–H and O–H groups in total. The molecule has 1 heteroatoms. The van der Waals surface area contributed by atoms with Gasteiger partial charge in [-0.1, -0.05) is 31.2 Å². The minimum Gasteiger partial charge on any atom is -0.130 e. The monoisotopic (exact) mass is 232 g/mol. The van der Waals surface area contributed by atoms with E-state index in [0.717, 1.165) is 6.42 Å². The van der Waals surface area contributed by atoms with Crippen LogP contribution in [0.4, 0.5) is 0 Å². The molecule has 1 aromatic carbocycles. The Hall–Kier alpha value is -0.950. The number of hydrogen-bond donors (Lipinski definition) is 0. The topological polar surface area (TPSA) is 0 Å². The Morgan fingerprint density at radius 3 is 2.69 bits per heavy atom. The summed E-state index contributed by atoms with van der Waals surface area (Å²) in [5.74, 6) is 0. The van der Waals surface area contributed by atoms with Crippen LogP contribution in [0.3, 0.4) is 0 Å². The zero-order valence-corrected chi connectivity index (χ0v) is 11.4. The Morgan fingerprint density at radius 2 is 2.12 bits per heavy atom. The van der Waals surface area contributed by atoms with Crippen LogP contribution in [0.5, 0.6) is 0 Å². The van der Waals surface area contributed by atoms with Crippen molar-refractivity contribution in [1.82, 2.24) is 0 Å². The van der Waals surface area contributed by atoms with Gasteiger partial charge in [0.1, 0.15) is 0 Å². The van der Waals surface area contributed by atoms with Gasteiger partial charge in [0.2, 0.25) is 0 Å². The van der Waals surface area contributed by atoms with Gasteiger partial charge in [-0.2, -0.15) is 0 Å². The van der Waals surface area contributed by atoms with E-state index in [9.17, 15) is 0 Å². The molecule has 0 heterocycles. The number of rotatable bonds is 4. The van der Waals surface area contributed by atoms with Gasteiger partial charge in [-0.3, -0.25) is 0 Å². The molecule has 0 nitrogen and oxygen atoms in total. The molecule has 0 aliphatic rings. The summed E-state index contributed by atoms with van der Waals surface area (Å²) in [6.45, 7) is 10.5. The lowest BCUT2D eigenvalue weighted by molar-refractivity contribution is 1.16. The van der Waals surface area contributed by atoms with E-state index in [1.807, 2.05) is 0 Å². The van der Waals surface area contributed by atoms with Gasteiger partial charge >= 0.3 is 0 Å². The largest absolute Gasteiger partial charge is 0.130 e. The Bertz CT molecular complexity index is 413. The molecule has 0 spiro atoms. The molecule has 0 atom stereocenters. The van der Waals surface area contributed by atoms with Crippen LogP contribution in [0.15, 0.2) is 41.3 Å². The maximum atomic E-state index is 4.03. The molecule has 0 radical (unpaired) electrons. The minimum atomic E-state index is 1.01. The average molecular weight is 232 g/mol. The lowest BCUT2D eigenvalue weighted by Crippen LogP contribution is -1.87. The van der Waals surface area contributed by atoms with Crippen LogP contribution in [0.2, 0.25) is 0 Å². The summed E-state index contributed by atoms with van der Waals surface area (Å²) in [6, 6.07) is 6.62. The van der Waals surface area contributed by atoms with Crippen LogP contribution in [0, 0.1) is 6.92 Å². The molecular weight excluding hydrogens is 212 g/mol. The maximum absolute atomic E-state index is 4.03. The first-order chi connectivity index (χ1) is 7.58. The summed E-state index contributed by atoms with van der Waals surface area (Å²) in [6.07, 6.45) is 5.31. The van der Waals surface area contributed by atoms with Crippen molar-refractivity contribution in [2.24, 2.45) is 0 Å². The van der Waals surface area contributed by atoms with Gasteiger partial charge in [0.15, 0.2) is 0 Å². The second-order valence-corrected chi connectivity index (χ2v) is 4.90. The summed E-state index contributed by atoms with van der Waals surface area (Å²) in [7, 11) is 0. The smallest absolute Gasteiger partial charge is 0.00753 e. The minimum absolute atomic E-state index is 1.01. The number of benzene rings is 1. The quantitative estimate of drug-likeness (QED) is 0.515. The van der Waals surface area contributed by atoms with Crippen molar-refractivity contribution in [2.45, 2.75) is 32.1 Å². The van der Waals surface area contributed by atoms with E-state index in [-0.39, 0.29) is 0 Å². The highest BCUT2D eigenvalue weighted by Crippen LogP contribution is 2.25. The fraction of sp³-hybridized carbons (Fsp3) is 0.333. The highest BCUT2D eigenvalue weighted by atomic mass is 32.2. The van der Waals surface area contributed by atoms with Gasteiger partial charge in [0.25, 0.3) is 0 Å². The Balaban J connectivity index is 3.11. The van der Waals surface area contributed by atoms with Crippen molar-refractivity contribution < 1.29 is 0 Å².